The van der Waals surface area contributed by atoms with Crippen molar-refractivity contribution >= 4 is 34.1 Å². The molecule has 0 fully saturated rings. The molecule has 0 spiro atoms. The molecule has 0 amide bonds. The van der Waals surface area contributed by atoms with Crippen LogP contribution in [0.15, 0.2) is 116 Å². The molecule has 4 aromatic carbocycles. The molecule has 5 heteroatoms. The molecule has 0 saturated carbocycles. The largest absolute Gasteiger partial charge is 0.458 e. The van der Waals surface area contributed by atoms with E-state index in [0.29, 0.717) is 0 Å². The van der Waals surface area contributed by atoms with Crippen LogP contribution in [0, 0.1) is 23.1 Å². The van der Waals surface area contributed by atoms with Crippen molar-refractivity contribution in [2.75, 3.05) is 0 Å². The lowest BCUT2D eigenvalue weighted by molar-refractivity contribution is -0.586. The number of aromatic nitrogens is 4. The van der Waals surface area contributed by atoms with Crippen molar-refractivity contribution in [3.8, 4) is 11.4 Å². The number of nitrogens with zero attached hydrogens (tertiary/aromatic N) is 4. The number of aryl methyl sites for hydroxylation is 1. The Morgan fingerprint density at radius 3 is 2.47 bits per heavy atom. The highest BCUT2D eigenvalue weighted by Gasteiger charge is 2.20. The summed E-state index contributed by atoms with van der Waals surface area (Å²) in [6, 6.07) is 31.5. The molecule has 0 atom stereocenters. The Morgan fingerprint density at radius 1 is 0.822 bits per heavy atom. The summed E-state index contributed by atoms with van der Waals surface area (Å²) < 4.78 is 13.0. The van der Waals surface area contributed by atoms with Crippen LogP contribution in [-0.2, 0) is 12.5 Å². The van der Waals surface area contributed by atoms with Gasteiger partial charge in [-0.1, -0.05) is 112 Å². The van der Waals surface area contributed by atoms with Crippen LogP contribution in [0.25, 0.3) is 39.8 Å². The highest BCUT2D eigenvalue weighted by molar-refractivity contribution is 5.98. The highest BCUT2D eigenvalue weighted by atomic mass is 16.5. The molecule has 2 aliphatic carbocycles. The summed E-state index contributed by atoms with van der Waals surface area (Å²) in [5, 5.41) is 4.53. The van der Waals surface area contributed by atoms with Gasteiger partial charge in [0.2, 0.25) is 6.33 Å². The first kappa shape index (κ1) is 27.0. The SMILES string of the molecule is Cn1[c-][n+](-c2cccc(O/C3=c4\cccc\c4=c4/cccc5c4=C(C=C5)C([n+]4[c-]ncc(C(C)(C)C)c4)=C3)c2)c2ccccc21. The van der Waals surface area contributed by atoms with Gasteiger partial charge in [-0.2, -0.15) is 0 Å². The Hall–Kier alpha value is -5.55. The van der Waals surface area contributed by atoms with Crippen molar-refractivity contribution in [3.63, 3.8) is 0 Å². The number of hydrogen-bond donors (Lipinski definition) is 0. The first-order valence-electron chi connectivity index (χ1n) is 15.2. The van der Waals surface area contributed by atoms with E-state index in [0.717, 1.165) is 55.5 Å². The van der Waals surface area contributed by atoms with Crippen LogP contribution in [0.3, 0.4) is 0 Å². The second-order valence-electron chi connectivity index (χ2n) is 12.6. The number of para-hydroxylation sites is 2. The zero-order valence-corrected chi connectivity index (χ0v) is 25.7. The monoisotopic (exact) mass is 584 g/mol. The predicted molar refractivity (Wildman–Crippen MR) is 176 cm³/mol. The van der Waals surface area contributed by atoms with Crippen LogP contribution in [0.4, 0.5) is 0 Å². The molecule has 8 rings (SSSR count). The Kier molecular flexibility index (Phi) is 6.17. The average Bonchev–Trinajstić information content (AvgIpc) is 3.63. The number of benzene rings is 4. The second kappa shape index (κ2) is 10.3. The molecule has 2 aromatic heterocycles. The summed E-state index contributed by atoms with van der Waals surface area (Å²) in [6.45, 7) is 6.60. The number of imidazole rings is 1. The van der Waals surface area contributed by atoms with Gasteiger partial charge in [0.1, 0.15) is 11.5 Å². The van der Waals surface area contributed by atoms with E-state index in [2.05, 4.69) is 140 Å². The van der Waals surface area contributed by atoms with E-state index in [4.69, 9.17) is 4.74 Å². The quantitative estimate of drug-likeness (QED) is 0.210. The smallest absolute Gasteiger partial charge is 0.287 e. The molecule has 218 valence electrons. The maximum atomic E-state index is 6.89. The van der Waals surface area contributed by atoms with Gasteiger partial charge in [0, 0.05) is 11.4 Å². The fraction of sp³-hybridized carbons (Fsp3) is 0.125. The van der Waals surface area contributed by atoms with E-state index in [1.807, 2.05) is 40.6 Å². The third kappa shape index (κ3) is 4.59. The number of hydrogen-bond acceptors (Lipinski definition) is 2. The van der Waals surface area contributed by atoms with E-state index >= 15 is 0 Å². The minimum atomic E-state index is -0.0718. The van der Waals surface area contributed by atoms with E-state index in [9.17, 15) is 0 Å². The fourth-order valence-corrected chi connectivity index (χ4v) is 6.28. The highest BCUT2D eigenvalue weighted by Crippen LogP contribution is 2.26. The maximum absolute atomic E-state index is 6.89. The van der Waals surface area contributed by atoms with Crippen LogP contribution < -0.4 is 24.3 Å². The molecule has 0 unspecified atom stereocenters. The van der Waals surface area contributed by atoms with E-state index in [-0.39, 0.29) is 5.41 Å². The molecule has 45 heavy (non-hydrogen) atoms. The molecule has 5 nitrogen and oxygen atoms in total. The lowest BCUT2D eigenvalue weighted by atomic mass is 9.89. The summed E-state index contributed by atoms with van der Waals surface area (Å²) >= 11 is 0. The lowest BCUT2D eigenvalue weighted by Gasteiger charge is -2.22. The predicted octanol–water partition coefficient (Wildman–Crippen LogP) is 5.24. The van der Waals surface area contributed by atoms with Crippen LogP contribution >= 0.6 is 0 Å². The number of allylic oxidation sites excluding steroid dienone is 2. The van der Waals surface area contributed by atoms with Gasteiger partial charge < -0.3 is 18.4 Å². The Balaban J connectivity index is 1.38. The molecule has 0 radical (unpaired) electrons. The minimum absolute atomic E-state index is 0.0718. The minimum Gasteiger partial charge on any atom is -0.458 e. The molecular weight excluding hydrogens is 552 g/mol. The Morgan fingerprint density at radius 2 is 1.60 bits per heavy atom. The fourth-order valence-electron chi connectivity index (χ4n) is 6.28. The first-order valence-corrected chi connectivity index (χ1v) is 15.2. The molecular formula is C40H32N4O. The summed E-state index contributed by atoms with van der Waals surface area (Å²) in [6.07, 6.45) is 17.3. The normalized spacial score (nSPS) is 15.7. The average molecular weight is 585 g/mol. The van der Waals surface area contributed by atoms with Gasteiger partial charge >= 0.3 is 0 Å². The summed E-state index contributed by atoms with van der Waals surface area (Å²) in [5.74, 6) is 1.48. The second-order valence-corrected chi connectivity index (χ2v) is 12.6. The van der Waals surface area contributed by atoms with Crippen molar-refractivity contribution in [1.29, 1.82) is 0 Å². The third-order valence-corrected chi connectivity index (χ3v) is 8.62. The molecule has 6 aromatic rings. The summed E-state index contributed by atoms with van der Waals surface area (Å²) in [7, 11) is 2.02. The van der Waals surface area contributed by atoms with Crippen molar-refractivity contribution in [2.24, 2.45) is 7.05 Å². The van der Waals surface area contributed by atoms with Gasteiger partial charge in [-0.25, -0.2) is 0 Å². The van der Waals surface area contributed by atoms with Crippen molar-refractivity contribution in [1.82, 2.24) is 9.55 Å². The number of rotatable bonds is 4. The van der Waals surface area contributed by atoms with E-state index in [1.165, 1.54) is 16.0 Å². The zero-order chi connectivity index (χ0) is 30.7. The van der Waals surface area contributed by atoms with E-state index < -0.39 is 0 Å². The summed E-state index contributed by atoms with van der Waals surface area (Å²) in [4.78, 5) is 4.55. The first-order chi connectivity index (χ1) is 21.8. The molecule has 2 heterocycles. The standard InChI is InChI=1S/C40H32N4O/c1-40(2,3)28-23-41-25-43(24-28)37-22-38(32-15-6-5-14-31(32)33-16-9-11-27-19-20-34(37)39(27)33)45-30-13-10-12-29(21-30)44-26-42(4)35-17-7-8-18-36(35)44/h5-24H,1-4H3/b33-31-,37-22?,37-34?,38-22?,38-32+. The van der Waals surface area contributed by atoms with Gasteiger partial charge in [0.05, 0.1) is 35.7 Å². The van der Waals surface area contributed by atoms with Crippen molar-refractivity contribution < 1.29 is 13.9 Å². The van der Waals surface area contributed by atoms with Crippen LogP contribution in [-0.4, -0.2) is 9.55 Å². The maximum Gasteiger partial charge on any atom is 0.287 e. The molecule has 0 aliphatic heterocycles. The molecule has 0 bridgehead atoms. The third-order valence-electron chi connectivity index (χ3n) is 8.62. The van der Waals surface area contributed by atoms with Gasteiger partial charge in [0.15, 0.2) is 0 Å². The van der Waals surface area contributed by atoms with Gasteiger partial charge in [-0.3, -0.25) is 0 Å². The van der Waals surface area contributed by atoms with Crippen molar-refractivity contribution in [2.45, 2.75) is 26.2 Å². The van der Waals surface area contributed by atoms with E-state index in [1.54, 1.807) is 0 Å². The van der Waals surface area contributed by atoms with Crippen molar-refractivity contribution in [3.05, 3.63) is 160 Å². The van der Waals surface area contributed by atoms with Gasteiger partial charge in [-0.15, -0.1) is 4.98 Å². The lowest BCUT2D eigenvalue weighted by Crippen LogP contribution is -2.37. The Bertz CT molecular complexity index is 2460. The van der Waals surface area contributed by atoms with Crippen LogP contribution in [0.1, 0.15) is 31.9 Å². The molecule has 2 aliphatic rings. The zero-order valence-electron chi connectivity index (χ0n) is 25.7. The molecule has 0 N–H and O–H groups in total. The Labute approximate surface area is 262 Å². The van der Waals surface area contributed by atoms with Gasteiger partial charge in [0.25, 0.3) is 6.33 Å². The number of ether oxygens (including phenoxy) is 1. The topological polar surface area (TPSA) is 34.8 Å². The molecule has 0 saturated heterocycles. The summed E-state index contributed by atoms with van der Waals surface area (Å²) in [5.41, 5.74) is 7.48. The van der Waals surface area contributed by atoms with Gasteiger partial charge in [-0.05, 0) is 56.0 Å². The van der Waals surface area contributed by atoms with Crippen LogP contribution in [0.2, 0.25) is 0 Å². The van der Waals surface area contributed by atoms with Crippen LogP contribution in [0.5, 0.6) is 5.75 Å². The number of fused-ring (bicyclic) bond motifs is 2.